The van der Waals surface area contributed by atoms with E-state index in [2.05, 4.69) is 15.5 Å². The summed E-state index contributed by atoms with van der Waals surface area (Å²) in [5.74, 6) is 0.861. The van der Waals surface area contributed by atoms with Crippen LogP contribution in [0.1, 0.15) is 31.1 Å². The monoisotopic (exact) mass is 321 g/mol. The fraction of sp³-hybridized carbons (Fsp3) is 0.375. The van der Waals surface area contributed by atoms with Gasteiger partial charge in [0.15, 0.2) is 0 Å². The summed E-state index contributed by atoms with van der Waals surface area (Å²) in [5, 5.41) is 10.2. The van der Waals surface area contributed by atoms with Crippen molar-refractivity contribution in [1.82, 2.24) is 15.5 Å². The summed E-state index contributed by atoms with van der Waals surface area (Å²) in [7, 11) is 0. The molecule has 6 heteroatoms. The normalized spacial score (nSPS) is 10.8. The fourth-order valence-electron chi connectivity index (χ4n) is 2.00. The Bertz CT molecular complexity index is 653. The first-order valence-corrected chi connectivity index (χ1v) is 7.65. The number of nitrogens with one attached hydrogen (secondary N) is 2. The quantitative estimate of drug-likeness (QED) is 0.855. The van der Waals surface area contributed by atoms with Gasteiger partial charge in [-0.05, 0) is 31.0 Å². The van der Waals surface area contributed by atoms with E-state index < -0.39 is 0 Å². The van der Waals surface area contributed by atoms with Crippen molar-refractivity contribution in [3.05, 3.63) is 35.0 Å². The molecule has 118 valence electrons. The average molecular weight is 322 g/mol. The van der Waals surface area contributed by atoms with Gasteiger partial charge in [0.1, 0.15) is 5.75 Å². The van der Waals surface area contributed by atoms with E-state index in [0.29, 0.717) is 41.1 Å². The van der Waals surface area contributed by atoms with Crippen molar-refractivity contribution in [3.63, 3.8) is 0 Å². The summed E-state index contributed by atoms with van der Waals surface area (Å²) < 4.78 is 5.41. The van der Waals surface area contributed by atoms with Gasteiger partial charge in [0.05, 0.1) is 29.1 Å². The van der Waals surface area contributed by atoms with Gasteiger partial charge in [-0.15, -0.1) is 0 Å². The molecule has 0 saturated carbocycles. The summed E-state index contributed by atoms with van der Waals surface area (Å²) in [4.78, 5) is 12.2. The van der Waals surface area contributed by atoms with Crippen LogP contribution in [0.15, 0.2) is 24.4 Å². The predicted octanol–water partition coefficient (Wildman–Crippen LogP) is 3.51. The highest BCUT2D eigenvalue weighted by Gasteiger charge is 2.16. The highest BCUT2D eigenvalue weighted by Crippen LogP contribution is 2.30. The summed E-state index contributed by atoms with van der Waals surface area (Å²) in [6, 6.07) is 5.40. The minimum atomic E-state index is -0.151. The molecule has 2 aromatic rings. The molecule has 2 rings (SSSR count). The number of halogens is 1. The molecule has 0 bridgehead atoms. The number of rotatable bonds is 6. The lowest BCUT2D eigenvalue weighted by molar-refractivity contribution is 0.0949. The molecular weight excluding hydrogens is 302 g/mol. The van der Waals surface area contributed by atoms with Crippen LogP contribution in [0.2, 0.25) is 5.02 Å². The van der Waals surface area contributed by atoms with E-state index >= 15 is 0 Å². The smallest absolute Gasteiger partial charge is 0.255 e. The summed E-state index contributed by atoms with van der Waals surface area (Å²) in [6.45, 7) is 7.15. The van der Waals surface area contributed by atoms with E-state index in [4.69, 9.17) is 16.3 Å². The molecule has 0 aliphatic heterocycles. The Hall–Kier alpha value is -2.01. The third-order valence-corrected chi connectivity index (χ3v) is 3.37. The van der Waals surface area contributed by atoms with Gasteiger partial charge in [-0.25, -0.2) is 0 Å². The van der Waals surface area contributed by atoms with Gasteiger partial charge in [-0.1, -0.05) is 25.4 Å². The second-order valence-electron chi connectivity index (χ2n) is 5.34. The van der Waals surface area contributed by atoms with Crippen LogP contribution in [-0.4, -0.2) is 29.3 Å². The number of nitrogens with zero attached hydrogens (tertiary/aromatic N) is 1. The summed E-state index contributed by atoms with van der Waals surface area (Å²) in [6.07, 6.45) is 1.52. The lowest BCUT2D eigenvalue weighted by Gasteiger charge is -2.09. The van der Waals surface area contributed by atoms with Crippen LogP contribution < -0.4 is 10.1 Å². The van der Waals surface area contributed by atoms with Gasteiger partial charge in [-0.2, -0.15) is 5.10 Å². The Balaban J connectivity index is 2.25. The number of carbonyl (C=O) groups is 1. The maximum atomic E-state index is 12.2. The van der Waals surface area contributed by atoms with E-state index in [1.165, 1.54) is 6.20 Å². The SMILES string of the molecule is CCOc1ccc(-c2[nH]ncc2C(=O)NCC(C)C)cc1Cl. The van der Waals surface area contributed by atoms with Gasteiger partial charge in [0, 0.05) is 12.1 Å². The van der Waals surface area contributed by atoms with E-state index in [1.54, 1.807) is 12.1 Å². The first-order chi connectivity index (χ1) is 10.5. The zero-order chi connectivity index (χ0) is 16.1. The Labute approximate surface area is 135 Å². The molecule has 0 atom stereocenters. The molecule has 0 fully saturated rings. The number of aromatic nitrogens is 2. The number of ether oxygens (including phenoxy) is 1. The van der Waals surface area contributed by atoms with E-state index in [1.807, 2.05) is 26.8 Å². The average Bonchev–Trinajstić information content (AvgIpc) is 2.96. The second-order valence-corrected chi connectivity index (χ2v) is 5.75. The summed E-state index contributed by atoms with van der Waals surface area (Å²) >= 11 is 6.20. The Kier molecular flexibility index (Phi) is 5.44. The van der Waals surface area contributed by atoms with Crippen molar-refractivity contribution >= 4 is 17.5 Å². The molecule has 1 amide bonds. The maximum absolute atomic E-state index is 12.2. The first-order valence-electron chi connectivity index (χ1n) is 7.27. The van der Waals surface area contributed by atoms with Crippen LogP contribution in [0.3, 0.4) is 0 Å². The van der Waals surface area contributed by atoms with Crippen molar-refractivity contribution in [2.45, 2.75) is 20.8 Å². The highest BCUT2D eigenvalue weighted by molar-refractivity contribution is 6.32. The fourth-order valence-corrected chi connectivity index (χ4v) is 2.23. The van der Waals surface area contributed by atoms with Crippen molar-refractivity contribution in [1.29, 1.82) is 0 Å². The number of amides is 1. The number of carbonyl (C=O) groups excluding carboxylic acids is 1. The van der Waals surface area contributed by atoms with Gasteiger partial charge in [-0.3, -0.25) is 9.89 Å². The second kappa shape index (κ2) is 7.31. The summed E-state index contributed by atoms with van der Waals surface area (Å²) in [5.41, 5.74) is 1.94. The predicted molar refractivity (Wildman–Crippen MR) is 87.4 cm³/mol. The molecule has 22 heavy (non-hydrogen) atoms. The molecule has 0 aliphatic carbocycles. The minimum Gasteiger partial charge on any atom is -0.492 e. The molecule has 0 aliphatic rings. The largest absolute Gasteiger partial charge is 0.492 e. The molecule has 0 saturated heterocycles. The molecule has 2 N–H and O–H groups in total. The number of benzene rings is 1. The van der Waals surface area contributed by atoms with Gasteiger partial charge >= 0.3 is 0 Å². The van der Waals surface area contributed by atoms with Crippen LogP contribution in [-0.2, 0) is 0 Å². The zero-order valence-electron chi connectivity index (χ0n) is 12.9. The van der Waals surface area contributed by atoms with Crippen LogP contribution in [0, 0.1) is 5.92 Å². The van der Waals surface area contributed by atoms with Gasteiger partial charge < -0.3 is 10.1 Å². The maximum Gasteiger partial charge on any atom is 0.255 e. The standard InChI is InChI=1S/C16H20ClN3O2/c1-4-22-14-6-5-11(7-13(14)17)15-12(9-19-20-15)16(21)18-8-10(2)3/h5-7,9-10H,4,8H2,1-3H3,(H,18,21)(H,19,20). The Morgan fingerprint density at radius 3 is 2.86 bits per heavy atom. The minimum absolute atomic E-state index is 0.151. The van der Waals surface area contributed by atoms with E-state index in [0.717, 1.165) is 5.56 Å². The lowest BCUT2D eigenvalue weighted by Crippen LogP contribution is -2.27. The molecule has 5 nitrogen and oxygen atoms in total. The van der Waals surface area contributed by atoms with E-state index in [9.17, 15) is 4.79 Å². The molecule has 1 aromatic carbocycles. The van der Waals surface area contributed by atoms with E-state index in [-0.39, 0.29) is 5.91 Å². The van der Waals surface area contributed by atoms with Crippen molar-refractivity contribution in [2.75, 3.05) is 13.2 Å². The number of hydrogen-bond acceptors (Lipinski definition) is 3. The molecule has 1 aromatic heterocycles. The van der Waals surface area contributed by atoms with Crippen LogP contribution in [0.4, 0.5) is 0 Å². The zero-order valence-corrected chi connectivity index (χ0v) is 13.7. The molecule has 0 radical (unpaired) electrons. The molecule has 0 spiro atoms. The van der Waals surface area contributed by atoms with Crippen LogP contribution in [0.25, 0.3) is 11.3 Å². The van der Waals surface area contributed by atoms with Crippen molar-refractivity contribution < 1.29 is 9.53 Å². The first kappa shape index (κ1) is 16.4. The number of H-pyrrole nitrogens is 1. The lowest BCUT2D eigenvalue weighted by atomic mass is 10.1. The highest BCUT2D eigenvalue weighted by atomic mass is 35.5. The molecule has 1 heterocycles. The van der Waals surface area contributed by atoms with Crippen molar-refractivity contribution in [2.24, 2.45) is 5.92 Å². The topological polar surface area (TPSA) is 67.0 Å². The molecular formula is C16H20ClN3O2. The number of aromatic amines is 1. The van der Waals surface area contributed by atoms with Crippen molar-refractivity contribution in [3.8, 4) is 17.0 Å². The third-order valence-electron chi connectivity index (χ3n) is 3.08. The Morgan fingerprint density at radius 1 is 1.45 bits per heavy atom. The van der Waals surface area contributed by atoms with Gasteiger partial charge in [0.2, 0.25) is 0 Å². The van der Waals surface area contributed by atoms with Crippen LogP contribution >= 0.6 is 11.6 Å². The van der Waals surface area contributed by atoms with Gasteiger partial charge in [0.25, 0.3) is 5.91 Å². The number of hydrogen-bond donors (Lipinski definition) is 2. The van der Waals surface area contributed by atoms with Crippen LogP contribution in [0.5, 0.6) is 5.75 Å². The third kappa shape index (κ3) is 3.80. The Morgan fingerprint density at radius 2 is 2.23 bits per heavy atom. The molecule has 0 unspecified atom stereocenters.